The van der Waals surface area contributed by atoms with E-state index in [0.717, 1.165) is 11.4 Å². The number of hydrogen-bond acceptors (Lipinski definition) is 3. The van der Waals surface area contributed by atoms with E-state index < -0.39 is 0 Å². The van der Waals surface area contributed by atoms with Gasteiger partial charge < -0.3 is 10.6 Å². The maximum absolute atomic E-state index is 5.75. The molecule has 1 fully saturated rings. The first-order valence-electron chi connectivity index (χ1n) is 6.19. The molecule has 1 heterocycles. The van der Waals surface area contributed by atoms with Gasteiger partial charge in [0, 0.05) is 31.4 Å². The van der Waals surface area contributed by atoms with Crippen LogP contribution in [-0.2, 0) is 6.54 Å². The van der Waals surface area contributed by atoms with Crippen LogP contribution in [0.4, 0.5) is 5.82 Å². The van der Waals surface area contributed by atoms with Crippen molar-refractivity contribution in [1.82, 2.24) is 4.98 Å². The molecule has 1 aliphatic carbocycles. The zero-order valence-electron chi connectivity index (χ0n) is 10.0. The lowest BCUT2D eigenvalue weighted by atomic mass is 9.94. The van der Waals surface area contributed by atoms with Crippen molar-refractivity contribution in [2.75, 3.05) is 11.9 Å². The average molecular weight is 219 g/mol. The van der Waals surface area contributed by atoms with Gasteiger partial charge in [0.25, 0.3) is 0 Å². The van der Waals surface area contributed by atoms with Crippen molar-refractivity contribution in [3.8, 4) is 0 Å². The highest BCUT2D eigenvalue weighted by molar-refractivity contribution is 5.46. The van der Waals surface area contributed by atoms with Gasteiger partial charge in [-0.2, -0.15) is 0 Å². The van der Waals surface area contributed by atoms with Crippen LogP contribution in [0.2, 0.25) is 0 Å². The van der Waals surface area contributed by atoms with Gasteiger partial charge in [0.1, 0.15) is 5.82 Å². The van der Waals surface area contributed by atoms with Crippen LogP contribution >= 0.6 is 0 Å². The maximum Gasteiger partial charge on any atom is 0.132 e. The Labute approximate surface area is 97.7 Å². The predicted octanol–water partition coefficient (Wildman–Crippen LogP) is 2.31. The molecule has 1 aliphatic rings. The van der Waals surface area contributed by atoms with E-state index in [2.05, 4.69) is 23.0 Å². The Kier molecular flexibility index (Phi) is 3.78. The van der Waals surface area contributed by atoms with Crippen molar-refractivity contribution in [3.05, 3.63) is 23.9 Å². The summed E-state index contributed by atoms with van der Waals surface area (Å²) in [6.45, 7) is 0.570. The fraction of sp³-hybridized carbons (Fsp3) is 0.615. The Morgan fingerprint density at radius 2 is 2.12 bits per heavy atom. The number of nitrogens with two attached hydrogens (primary N) is 1. The third-order valence-electron chi connectivity index (χ3n) is 3.54. The van der Waals surface area contributed by atoms with Crippen molar-refractivity contribution in [3.63, 3.8) is 0 Å². The fourth-order valence-electron chi connectivity index (χ4n) is 2.55. The molecule has 2 rings (SSSR count). The standard InChI is InChI=1S/C13H21N3/c1-16(12-7-3-2-4-8-12)13-11(10-14)6-5-9-15-13/h5-6,9,12H,2-4,7-8,10,14H2,1H3. The van der Waals surface area contributed by atoms with Gasteiger partial charge in [0.2, 0.25) is 0 Å². The first kappa shape index (κ1) is 11.4. The summed E-state index contributed by atoms with van der Waals surface area (Å²) < 4.78 is 0. The minimum absolute atomic E-state index is 0.570. The Hall–Kier alpha value is -1.09. The Bertz CT molecular complexity index is 332. The van der Waals surface area contributed by atoms with Gasteiger partial charge in [0.15, 0.2) is 0 Å². The van der Waals surface area contributed by atoms with Gasteiger partial charge >= 0.3 is 0 Å². The summed E-state index contributed by atoms with van der Waals surface area (Å²) in [5, 5.41) is 0. The molecule has 0 unspecified atom stereocenters. The van der Waals surface area contributed by atoms with E-state index in [1.54, 1.807) is 0 Å². The molecule has 16 heavy (non-hydrogen) atoms. The fourth-order valence-corrected chi connectivity index (χ4v) is 2.55. The zero-order valence-corrected chi connectivity index (χ0v) is 10.0. The van der Waals surface area contributed by atoms with Gasteiger partial charge in [-0.25, -0.2) is 4.98 Å². The maximum atomic E-state index is 5.75. The third kappa shape index (κ3) is 2.35. The second-order valence-electron chi connectivity index (χ2n) is 4.59. The summed E-state index contributed by atoms with van der Waals surface area (Å²) >= 11 is 0. The first-order chi connectivity index (χ1) is 7.83. The molecule has 3 heteroatoms. The summed E-state index contributed by atoms with van der Waals surface area (Å²) in [6, 6.07) is 4.68. The van der Waals surface area contributed by atoms with E-state index in [9.17, 15) is 0 Å². The number of pyridine rings is 1. The quantitative estimate of drug-likeness (QED) is 0.848. The lowest BCUT2D eigenvalue weighted by molar-refractivity contribution is 0.425. The third-order valence-corrected chi connectivity index (χ3v) is 3.54. The molecule has 1 aromatic rings. The largest absolute Gasteiger partial charge is 0.356 e. The van der Waals surface area contributed by atoms with Gasteiger partial charge in [-0.05, 0) is 18.9 Å². The highest BCUT2D eigenvalue weighted by atomic mass is 15.2. The molecule has 1 saturated carbocycles. The van der Waals surface area contributed by atoms with Crippen molar-refractivity contribution in [2.45, 2.75) is 44.7 Å². The van der Waals surface area contributed by atoms with Crippen molar-refractivity contribution in [2.24, 2.45) is 5.73 Å². The molecule has 0 spiro atoms. The molecule has 0 amide bonds. The number of hydrogen-bond donors (Lipinski definition) is 1. The highest BCUT2D eigenvalue weighted by Crippen LogP contribution is 2.26. The summed E-state index contributed by atoms with van der Waals surface area (Å²) in [4.78, 5) is 6.79. The normalized spacial score (nSPS) is 17.4. The number of aromatic nitrogens is 1. The van der Waals surface area contributed by atoms with Crippen LogP contribution < -0.4 is 10.6 Å². The Balaban J connectivity index is 2.15. The monoisotopic (exact) mass is 219 g/mol. The highest BCUT2D eigenvalue weighted by Gasteiger charge is 2.20. The molecule has 0 atom stereocenters. The number of anilines is 1. The lowest BCUT2D eigenvalue weighted by Gasteiger charge is -2.33. The van der Waals surface area contributed by atoms with E-state index in [4.69, 9.17) is 5.73 Å². The predicted molar refractivity (Wildman–Crippen MR) is 67.4 cm³/mol. The van der Waals surface area contributed by atoms with Crippen LogP contribution in [0.15, 0.2) is 18.3 Å². The molecule has 0 saturated heterocycles. The van der Waals surface area contributed by atoms with Crippen LogP contribution in [0.3, 0.4) is 0 Å². The Morgan fingerprint density at radius 1 is 1.38 bits per heavy atom. The van der Waals surface area contributed by atoms with Crippen LogP contribution in [-0.4, -0.2) is 18.1 Å². The number of nitrogens with zero attached hydrogens (tertiary/aromatic N) is 2. The summed E-state index contributed by atoms with van der Waals surface area (Å²) in [5.74, 6) is 1.07. The topological polar surface area (TPSA) is 42.2 Å². The van der Waals surface area contributed by atoms with Gasteiger partial charge in [0.05, 0.1) is 0 Å². The van der Waals surface area contributed by atoms with E-state index in [1.165, 1.54) is 32.1 Å². The average Bonchev–Trinajstić information content (AvgIpc) is 2.39. The van der Waals surface area contributed by atoms with E-state index in [0.29, 0.717) is 12.6 Å². The lowest BCUT2D eigenvalue weighted by Crippen LogP contribution is -2.34. The van der Waals surface area contributed by atoms with Crippen molar-refractivity contribution in [1.29, 1.82) is 0 Å². The smallest absolute Gasteiger partial charge is 0.132 e. The minimum atomic E-state index is 0.570. The summed E-state index contributed by atoms with van der Waals surface area (Å²) in [5.41, 5.74) is 6.90. The second kappa shape index (κ2) is 5.30. The molecule has 3 nitrogen and oxygen atoms in total. The van der Waals surface area contributed by atoms with E-state index in [-0.39, 0.29) is 0 Å². The molecule has 1 aromatic heterocycles. The molecular weight excluding hydrogens is 198 g/mol. The van der Waals surface area contributed by atoms with Crippen molar-refractivity contribution >= 4 is 5.82 Å². The molecule has 0 aliphatic heterocycles. The van der Waals surface area contributed by atoms with Crippen LogP contribution in [0, 0.1) is 0 Å². The molecule has 0 aromatic carbocycles. The van der Waals surface area contributed by atoms with E-state index in [1.807, 2.05) is 12.3 Å². The number of rotatable bonds is 3. The van der Waals surface area contributed by atoms with E-state index >= 15 is 0 Å². The molecule has 0 bridgehead atoms. The molecule has 2 N–H and O–H groups in total. The SMILES string of the molecule is CN(c1ncccc1CN)C1CCCCC1. The molecule has 0 radical (unpaired) electrons. The van der Waals surface area contributed by atoms with Crippen LogP contribution in [0.5, 0.6) is 0 Å². The second-order valence-corrected chi connectivity index (χ2v) is 4.59. The summed E-state index contributed by atoms with van der Waals surface area (Å²) in [7, 11) is 2.15. The Morgan fingerprint density at radius 3 is 2.81 bits per heavy atom. The summed E-state index contributed by atoms with van der Waals surface area (Å²) in [6.07, 6.45) is 8.51. The minimum Gasteiger partial charge on any atom is -0.356 e. The molecular formula is C13H21N3. The first-order valence-corrected chi connectivity index (χ1v) is 6.19. The van der Waals surface area contributed by atoms with Gasteiger partial charge in [-0.3, -0.25) is 0 Å². The van der Waals surface area contributed by atoms with Gasteiger partial charge in [-0.1, -0.05) is 25.3 Å². The van der Waals surface area contributed by atoms with Crippen LogP contribution in [0.1, 0.15) is 37.7 Å². The van der Waals surface area contributed by atoms with Gasteiger partial charge in [-0.15, -0.1) is 0 Å². The van der Waals surface area contributed by atoms with Crippen molar-refractivity contribution < 1.29 is 0 Å². The van der Waals surface area contributed by atoms with Crippen LogP contribution in [0.25, 0.3) is 0 Å². The molecule has 88 valence electrons. The zero-order chi connectivity index (χ0) is 11.4.